The predicted octanol–water partition coefficient (Wildman–Crippen LogP) is 3.50. The molecule has 0 aliphatic heterocycles. The van der Waals surface area contributed by atoms with Gasteiger partial charge in [0.25, 0.3) is 5.69 Å². The van der Waals surface area contributed by atoms with Crippen LogP contribution in [0.5, 0.6) is 0 Å². The minimum atomic E-state index is -0.520. The number of nitro groups is 1. The highest BCUT2D eigenvalue weighted by molar-refractivity contribution is 6.42. The lowest BCUT2D eigenvalue weighted by Crippen LogP contribution is -2.01. The molecule has 80 valence electrons. The molecule has 0 bridgehead atoms. The zero-order valence-electron chi connectivity index (χ0n) is 7.67. The Morgan fingerprint density at radius 1 is 1.47 bits per heavy atom. The van der Waals surface area contributed by atoms with Crippen LogP contribution in [0.1, 0.15) is 0 Å². The van der Waals surface area contributed by atoms with Crippen molar-refractivity contribution in [2.75, 3.05) is 11.9 Å². The Bertz CT molecular complexity index is 407. The fourth-order valence-electron chi connectivity index (χ4n) is 1.01. The van der Waals surface area contributed by atoms with Crippen molar-refractivity contribution in [2.24, 2.45) is 0 Å². The van der Waals surface area contributed by atoms with Crippen LogP contribution >= 0.6 is 23.2 Å². The van der Waals surface area contributed by atoms with Crippen molar-refractivity contribution in [1.29, 1.82) is 0 Å². The largest absolute Gasteiger partial charge is 0.376 e. The van der Waals surface area contributed by atoms with Crippen molar-refractivity contribution >= 4 is 34.6 Å². The second-order valence-corrected chi connectivity index (χ2v) is 3.52. The third kappa shape index (κ3) is 2.84. The number of anilines is 1. The van der Waals surface area contributed by atoms with Crippen LogP contribution in [-0.4, -0.2) is 11.5 Å². The summed E-state index contributed by atoms with van der Waals surface area (Å²) in [6.07, 6.45) is 1.59. The highest BCUT2D eigenvalue weighted by Gasteiger charge is 2.16. The van der Waals surface area contributed by atoms with Crippen LogP contribution < -0.4 is 5.32 Å². The zero-order chi connectivity index (χ0) is 11.4. The Kier molecular flexibility index (Phi) is 3.94. The van der Waals surface area contributed by atoms with E-state index in [0.29, 0.717) is 12.2 Å². The minimum Gasteiger partial charge on any atom is -0.376 e. The first-order valence-corrected chi connectivity index (χ1v) is 4.80. The van der Waals surface area contributed by atoms with Gasteiger partial charge in [-0.1, -0.05) is 29.3 Å². The van der Waals surface area contributed by atoms with Crippen molar-refractivity contribution in [3.05, 3.63) is 44.9 Å². The summed E-state index contributed by atoms with van der Waals surface area (Å²) in [6, 6.07) is 2.64. The van der Waals surface area contributed by atoms with Crippen molar-refractivity contribution < 1.29 is 4.92 Å². The molecule has 1 N–H and O–H groups in total. The predicted molar refractivity (Wildman–Crippen MR) is 61.8 cm³/mol. The second-order valence-electron chi connectivity index (χ2n) is 2.71. The van der Waals surface area contributed by atoms with Crippen LogP contribution in [0.2, 0.25) is 10.0 Å². The summed E-state index contributed by atoms with van der Waals surface area (Å²) < 4.78 is 0. The highest BCUT2D eigenvalue weighted by atomic mass is 35.5. The van der Waals surface area contributed by atoms with E-state index >= 15 is 0 Å². The lowest BCUT2D eigenvalue weighted by molar-refractivity contribution is -0.383. The number of hydrogen-bond donors (Lipinski definition) is 1. The molecular formula is C9H8Cl2N2O2. The number of nitrogens with zero attached hydrogens (tertiary/aromatic N) is 1. The van der Waals surface area contributed by atoms with Crippen LogP contribution in [0.3, 0.4) is 0 Å². The van der Waals surface area contributed by atoms with Gasteiger partial charge in [-0.05, 0) is 6.07 Å². The minimum absolute atomic E-state index is 0.105. The van der Waals surface area contributed by atoms with Gasteiger partial charge in [-0.2, -0.15) is 0 Å². The van der Waals surface area contributed by atoms with E-state index in [9.17, 15) is 10.1 Å². The van der Waals surface area contributed by atoms with Crippen LogP contribution in [0.25, 0.3) is 0 Å². The molecule has 0 amide bonds. The van der Waals surface area contributed by atoms with Crippen molar-refractivity contribution in [3.8, 4) is 0 Å². The first-order chi connectivity index (χ1) is 7.06. The van der Waals surface area contributed by atoms with Gasteiger partial charge in [0.15, 0.2) is 0 Å². The Hall–Kier alpha value is -1.26. The summed E-state index contributed by atoms with van der Waals surface area (Å²) in [4.78, 5) is 10.2. The van der Waals surface area contributed by atoms with E-state index in [0.717, 1.165) is 0 Å². The molecule has 0 aliphatic carbocycles. The first kappa shape index (κ1) is 11.8. The second kappa shape index (κ2) is 5.00. The molecule has 0 aliphatic rings. The van der Waals surface area contributed by atoms with Gasteiger partial charge in [-0.15, -0.1) is 6.58 Å². The lowest BCUT2D eigenvalue weighted by atomic mass is 10.2. The molecule has 1 aromatic carbocycles. The maximum absolute atomic E-state index is 10.7. The van der Waals surface area contributed by atoms with E-state index in [-0.39, 0.29) is 15.7 Å². The van der Waals surface area contributed by atoms with E-state index in [1.165, 1.54) is 12.1 Å². The molecule has 0 fully saturated rings. The van der Waals surface area contributed by atoms with Crippen LogP contribution in [0, 0.1) is 10.1 Å². The number of nitro benzene ring substituents is 1. The quantitative estimate of drug-likeness (QED) is 0.503. The van der Waals surface area contributed by atoms with Gasteiger partial charge < -0.3 is 5.32 Å². The Balaban J connectivity index is 3.15. The van der Waals surface area contributed by atoms with Crippen LogP contribution in [0.15, 0.2) is 24.8 Å². The number of benzene rings is 1. The number of hydrogen-bond acceptors (Lipinski definition) is 3. The molecule has 6 heteroatoms. The zero-order valence-corrected chi connectivity index (χ0v) is 9.18. The molecule has 0 heterocycles. The molecule has 0 aromatic heterocycles. The van der Waals surface area contributed by atoms with E-state index in [2.05, 4.69) is 11.9 Å². The molecule has 0 unspecified atom stereocenters. The SMILES string of the molecule is C=CCNc1cc(Cl)c(Cl)cc1[N+](=O)[O-]. The summed E-state index contributed by atoms with van der Waals surface area (Å²) in [7, 11) is 0. The van der Waals surface area contributed by atoms with Gasteiger partial charge >= 0.3 is 0 Å². The molecular weight excluding hydrogens is 239 g/mol. The summed E-state index contributed by atoms with van der Waals surface area (Å²) >= 11 is 11.4. The van der Waals surface area contributed by atoms with E-state index < -0.39 is 4.92 Å². The third-order valence-electron chi connectivity index (χ3n) is 1.67. The van der Waals surface area contributed by atoms with Gasteiger partial charge in [0, 0.05) is 12.6 Å². The normalized spacial score (nSPS) is 9.73. The maximum atomic E-state index is 10.7. The number of halogens is 2. The van der Waals surface area contributed by atoms with E-state index in [1.54, 1.807) is 6.08 Å². The average molecular weight is 247 g/mol. The van der Waals surface area contributed by atoms with Crippen molar-refractivity contribution in [2.45, 2.75) is 0 Å². The number of rotatable bonds is 4. The molecule has 1 aromatic rings. The van der Waals surface area contributed by atoms with E-state index in [4.69, 9.17) is 23.2 Å². The van der Waals surface area contributed by atoms with Gasteiger partial charge in [-0.25, -0.2) is 0 Å². The van der Waals surface area contributed by atoms with Crippen molar-refractivity contribution in [3.63, 3.8) is 0 Å². The third-order valence-corrected chi connectivity index (χ3v) is 2.39. The first-order valence-electron chi connectivity index (χ1n) is 4.04. The van der Waals surface area contributed by atoms with E-state index in [1.807, 2.05) is 0 Å². The summed E-state index contributed by atoms with van der Waals surface area (Å²) in [5, 5.41) is 13.9. The average Bonchev–Trinajstić information content (AvgIpc) is 2.19. The Labute approximate surface area is 96.6 Å². The fraction of sp³-hybridized carbons (Fsp3) is 0.111. The van der Waals surface area contributed by atoms with Gasteiger partial charge in [0.05, 0.1) is 15.0 Å². The summed E-state index contributed by atoms with van der Waals surface area (Å²) in [5.41, 5.74) is 0.223. The molecule has 0 atom stereocenters. The highest BCUT2D eigenvalue weighted by Crippen LogP contribution is 2.33. The lowest BCUT2D eigenvalue weighted by Gasteiger charge is -2.05. The molecule has 15 heavy (non-hydrogen) atoms. The van der Waals surface area contributed by atoms with Crippen LogP contribution in [0.4, 0.5) is 11.4 Å². The molecule has 0 saturated carbocycles. The smallest absolute Gasteiger partial charge is 0.293 e. The van der Waals surface area contributed by atoms with Gasteiger partial charge in [0.2, 0.25) is 0 Å². The monoisotopic (exact) mass is 246 g/mol. The molecule has 0 spiro atoms. The van der Waals surface area contributed by atoms with Gasteiger partial charge in [-0.3, -0.25) is 10.1 Å². The summed E-state index contributed by atoms with van der Waals surface area (Å²) in [6.45, 7) is 3.91. The molecule has 4 nitrogen and oxygen atoms in total. The van der Waals surface area contributed by atoms with Crippen LogP contribution in [-0.2, 0) is 0 Å². The van der Waals surface area contributed by atoms with Gasteiger partial charge in [0.1, 0.15) is 5.69 Å². The molecule has 1 rings (SSSR count). The fourth-order valence-corrected chi connectivity index (χ4v) is 1.33. The Morgan fingerprint density at radius 2 is 2.07 bits per heavy atom. The van der Waals surface area contributed by atoms with Crippen molar-refractivity contribution in [1.82, 2.24) is 0 Å². The maximum Gasteiger partial charge on any atom is 0.293 e. The summed E-state index contributed by atoms with van der Waals surface area (Å²) in [5.74, 6) is 0. The standard InChI is InChI=1S/C9H8Cl2N2O2/c1-2-3-12-8-4-6(10)7(11)5-9(8)13(14)15/h2,4-5,12H,1,3H2. The molecule has 0 radical (unpaired) electrons. The number of nitrogens with one attached hydrogen (secondary N) is 1. The topological polar surface area (TPSA) is 55.2 Å². The molecule has 0 saturated heterocycles. The Morgan fingerprint density at radius 3 is 2.60 bits per heavy atom.